The molecule has 0 saturated carbocycles. The highest BCUT2D eigenvalue weighted by Crippen LogP contribution is 2.38. The van der Waals surface area contributed by atoms with Gasteiger partial charge < -0.3 is 10.3 Å². The van der Waals surface area contributed by atoms with Crippen LogP contribution in [0.1, 0.15) is 23.7 Å². The molecule has 0 radical (unpaired) electrons. The Kier molecular flexibility index (Phi) is 2.84. The van der Waals surface area contributed by atoms with Gasteiger partial charge >= 0.3 is 0 Å². The standard InChI is InChI=1S/C18H16F2N2/c1-18(11-8-12(19)10-13(20)9-11)17-15(6-7-21-18)14-4-2-3-5-16(14)22-17/h2-5,8-10,21-22H,6-7H2,1H3. The van der Waals surface area contributed by atoms with E-state index in [-0.39, 0.29) is 0 Å². The summed E-state index contributed by atoms with van der Waals surface area (Å²) in [5.41, 5.74) is 3.23. The number of fused-ring (bicyclic) bond motifs is 3. The molecule has 0 fully saturated rings. The van der Waals surface area contributed by atoms with Gasteiger partial charge in [-0.1, -0.05) is 18.2 Å². The van der Waals surface area contributed by atoms with Crippen LogP contribution < -0.4 is 5.32 Å². The molecule has 1 unspecified atom stereocenters. The van der Waals surface area contributed by atoms with E-state index < -0.39 is 17.2 Å². The quantitative estimate of drug-likeness (QED) is 0.701. The topological polar surface area (TPSA) is 27.8 Å². The third-order valence-electron chi connectivity index (χ3n) is 4.61. The number of hydrogen-bond acceptors (Lipinski definition) is 1. The van der Waals surface area contributed by atoms with Crippen molar-refractivity contribution in [2.75, 3.05) is 6.54 Å². The van der Waals surface area contributed by atoms with Gasteiger partial charge in [0.15, 0.2) is 0 Å². The van der Waals surface area contributed by atoms with E-state index in [1.165, 1.54) is 23.1 Å². The number of rotatable bonds is 1. The highest BCUT2D eigenvalue weighted by atomic mass is 19.1. The zero-order valence-electron chi connectivity index (χ0n) is 12.2. The number of hydrogen-bond donors (Lipinski definition) is 2. The zero-order chi connectivity index (χ0) is 15.3. The number of H-pyrrole nitrogens is 1. The molecule has 0 bridgehead atoms. The molecule has 112 valence electrons. The Morgan fingerprint density at radius 2 is 1.77 bits per heavy atom. The van der Waals surface area contributed by atoms with Crippen LogP contribution in [0.5, 0.6) is 0 Å². The number of nitrogens with one attached hydrogen (secondary N) is 2. The summed E-state index contributed by atoms with van der Waals surface area (Å²) in [6, 6.07) is 11.8. The lowest BCUT2D eigenvalue weighted by molar-refractivity contribution is 0.402. The predicted molar refractivity (Wildman–Crippen MR) is 82.8 cm³/mol. The van der Waals surface area contributed by atoms with Crippen LogP contribution in [0.25, 0.3) is 10.9 Å². The van der Waals surface area contributed by atoms with Crippen LogP contribution in [0.2, 0.25) is 0 Å². The van der Waals surface area contributed by atoms with E-state index in [9.17, 15) is 8.78 Å². The van der Waals surface area contributed by atoms with Crippen LogP contribution in [0.4, 0.5) is 8.78 Å². The number of benzene rings is 2. The van der Waals surface area contributed by atoms with E-state index in [2.05, 4.69) is 16.4 Å². The SMILES string of the molecule is CC1(c2cc(F)cc(F)c2)NCCc2c1[nH]c1ccccc21. The van der Waals surface area contributed by atoms with Crippen molar-refractivity contribution in [3.8, 4) is 0 Å². The predicted octanol–water partition coefficient (Wildman–Crippen LogP) is 3.86. The molecule has 1 atom stereocenters. The molecule has 2 heterocycles. The molecular weight excluding hydrogens is 282 g/mol. The monoisotopic (exact) mass is 298 g/mol. The van der Waals surface area contributed by atoms with Gasteiger partial charge in [-0.25, -0.2) is 8.78 Å². The van der Waals surface area contributed by atoms with Gasteiger partial charge in [-0.3, -0.25) is 0 Å². The summed E-state index contributed by atoms with van der Waals surface area (Å²) in [4.78, 5) is 3.44. The minimum absolute atomic E-state index is 0.554. The molecule has 1 aromatic heterocycles. The molecular formula is C18H16F2N2. The fourth-order valence-electron chi connectivity index (χ4n) is 3.50. The summed E-state index contributed by atoms with van der Waals surface area (Å²) in [6.07, 6.45) is 0.896. The minimum Gasteiger partial charge on any atom is -0.356 e. The van der Waals surface area contributed by atoms with Gasteiger partial charge in [0.25, 0.3) is 0 Å². The summed E-state index contributed by atoms with van der Waals surface area (Å²) in [7, 11) is 0. The molecule has 1 aliphatic rings. The number of para-hydroxylation sites is 1. The lowest BCUT2D eigenvalue weighted by Gasteiger charge is -2.36. The number of aromatic nitrogens is 1. The Morgan fingerprint density at radius 3 is 2.55 bits per heavy atom. The Labute approximate surface area is 127 Å². The average Bonchev–Trinajstić information content (AvgIpc) is 2.87. The molecule has 4 rings (SSSR count). The van der Waals surface area contributed by atoms with Crippen LogP contribution >= 0.6 is 0 Å². The Balaban J connectivity index is 1.97. The van der Waals surface area contributed by atoms with E-state index in [0.717, 1.165) is 30.2 Å². The maximum atomic E-state index is 13.7. The van der Waals surface area contributed by atoms with Gasteiger partial charge in [-0.05, 0) is 42.7 Å². The molecule has 0 aliphatic carbocycles. The normalized spacial score (nSPS) is 21.0. The Hall–Kier alpha value is -2.20. The second kappa shape index (κ2) is 4.65. The molecule has 0 spiro atoms. The number of halogens is 2. The van der Waals surface area contributed by atoms with E-state index in [1.54, 1.807) is 0 Å². The molecule has 0 amide bonds. The summed E-state index contributed by atoms with van der Waals surface area (Å²) in [6.45, 7) is 2.73. The first-order valence-electron chi connectivity index (χ1n) is 7.39. The van der Waals surface area contributed by atoms with Gasteiger partial charge in [0, 0.05) is 29.2 Å². The lowest BCUT2D eigenvalue weighted by Crippen LogP contribution is -2.46. The molecule has 3 aromatic rings. The van der Waals surface area contributed by atoms with Crippen LogP contribution in [0.3, 0.4) is 0 Å². The van der Waals surface area contributed by atoms with Crippen LogP contribution in [0, 0.1) is 11.6 Å². The second-order valence-electron chi connectivity index (χ2n) is 5.98. The molecule has 2 N–H and O–H groups in total. The minimum atomic E-state index is -0.629. The van der Waals surface area contributed by atoms with Crippen molar-refractivity contribution in [3.63, 3.8) is 0 Å². The van der Waals surface area contributed by atoms with Gasteiger partial charge in [0.05, 0.1) is 5.54 Å². The Morgan fingerprint density at radius 1 is 1.05 bits per heavy atom. The summed E-state index contributed by atoms with van der Waals surface area (Å²) in [5.74, 6) is -1.11. The van der Waals surface area contributed by atoms with Crippen molar-refractivity contribution in [1.29, 1.82) is 0 Å². The average molecular weight is 298 g/mol. The van der Waals surface area contributed by atoms with Gasteiger partial charge in [0.2, 0.25) is 0 Å². The first kappa shape index (κ1) is 13.5. The maximum Gasteiger partial charge on any atom is 0.126 e. The zero-order valence-corrected chi connectivity index (χ0v) is 12.2. The van der Waals surface area contributed by atoms with Gasteiger partial charge in [0.1, 0.15) is 11.6 Å². The Bertz CT molecular complexity index is 848. The first-order chi connectivity index (χ1) is 10.6. The van der Waals surface area contributed by atoms with Crippen molar-refractivity contribution in [3.05, 3.63) is 70.9 Å². The van der Waals surface area contributed by atoms with Crippen molar-refractivity contribution in [2.45, 2.75) is 18.9 Å². The van der Waals surface area contributed by atoms with Crippen LogP contribution in [0.15, 0.2) is 42.5 Å². The molecule has 2 aromatic carbocycles. The maximum absolute atomic E-state index is 13.7. The summed E-state index contributed by atoms with van der Waals surface area (Å²) < 4.78 is 27.3. The smallest absolute Gasteiger partial charge is 0.126 e. The van der Waals surface area contributed by atoms with Crippen molar-refractivity contribution < 1.29 is 8.78 Å². The van der Waals surface area contributed by atoms with Crippen LogP contribution in [-0.2, 0) is 12.0 Å². The molecule has 22 heavy (non-hydrogen) atoms. The highest BCUT2D eigenvalue weighted by molar-refractivity contribution is 5.85. The van der Waals surface area contributed by atoms with Crippen molar-refractivity contribution in [1.82, 2.24) is 10.3 Å². The fraction of sp³-hybridized carbons (Fsp3) is 0.222. The van der Waals surface area contributed by atoms with E-state index in [1.807, 2.05) is 25.1 Å². The van der Waals surface area contributed by atoms with E-state index >= 15 is 0 Å². The third kappa shape index (κ3) is 1.87. The van der Waals surface area contributed by atoms with E-state index in [4.69, 9.17) is 0 Å². The van der Waals surface area contributed by atoms with E-state index in [0.29, 0.717) is 5.56 Å². The largest absolute Gasteiger partial charge is 0.356 e. The van der Waals surface area contributed by atoms with Gasteiger partial charge in [-0.15, -0.1) is 0 Å². The molecule has 0 saturated heterocycles. The number of aromatic amines is 1. The second-order valence-corrected chi connectivity index (χ2v) is 5.98. The van der Waals surface area contributed by atoms with Gasteiger partial charge in [-0.2, -0.15) is 0 Å². The summed E-state index contributed by atoms with van der Waals surface area (Å²) in [5, 5.41) is 4.60. The molecule has 1 aliphatic heterocycles. The fourth-order valence-corrected chi connectivity index (χ4v) is 3.50. The lowest BCUT2D eigenvalue weighted by atomic mass is 9.82. The third-order valence-corrected chi connectivity index (χ3v) is 4.61. The van der Waals surface area contributed by atoms with Crippen molar-refractivity contribution in [2.24, 2.45) is 0 Å². The van der Waals surface area contributed by atoms with Crippen molar-refractivity contribution >= 4 is 10.9 Å². The highest BCUT2D eigenvalue weighted by Gasteiger charge is 2.36. The summed E-state index contributed by atoms with van der Waals surface area (Å²) >= 11 is 0. The molecule has 4 heteroatoms. The first-order valence-corrected chi connectivity index (χ1v) is 7.39. The van der Waals surface area contributed by atoms with Crippen LogP contribution in [-0.4, -0.2) is 11.5 Å². The molecule has 2 nitrogen and oxygen atoms in total.